The fourth-order valence-corrected chi connectivity index (χ4v) is 3.64. The highest BCUT2D eigenvalue weighted by Gasteiger charge is 2.45. The number of methoxy groups -OCH3 is 1. The normalized spacial score (nSPS) is 24.8. The van der Waals surface area contributed by atoms with Gasteiger partial charge in [0.05, 0.1) is 25.3 Å². The molecule has 12 heteroatoms. The summed E-state index contributed by atoms with van der Waals surface area (Å²) in [6.45, 7) is -0.678. The third-order valence-electron chi connectivity index (χ3n) is 5.44. The second-order valence-electron chi connectivity index (χ2n) is 7.68. The summed E-state index contributed by atoms with van der Waals surface area (Å²) in [7, 11) is 1.26. The molecule has 0 radical (unpaired) electrons. The molecule has 0 spiro atoms. The number of aliphatic hydroxyl groups is 4. The minimum Gasteiger partial charge on any atom is -0.507 e. The van der Waals surface area contributed by atoms with E-state index in [1.165, 1.54) is 25.3 Å². The van der Waals surface area contributed by atoms with Crippen LogP contribution in [0.3, 0.4) is 0 Å². The lowest BCUT2D eigenvalue weighted by Crippen LogP contribution is -2.60. The zero-order valence-corrected chi connectivity index (χ0v) is 17.7. The fourth-order valence-electron chi connectivity index (χ4n) is 3.64. The van der Waals surface area contributed by atoms with Gasteiger partial charge in [-0.3, -0.25) is 0 Å². The van der Waals surface area contributed by atoms with Crippen LogP contribution in [0.4, 0.5) is 0 Å². The third-order valence-corrected chi connectivity index (χ3v) is 5.44. The molecule has 5 atom stereocenters. The Morgan fingerprint density at radius 3 is 2.29 bits per heavy atom. The second kappa shape index (κ2) is 9.00. The van der Waals surface area contributed by atoms with Crippen molar-refractivity contribution >= 4 is 11.0 Å². The largest absolute Gasteiger partial charge is 0.507 e. The molecule has 1 aromatic heterocycles. The van der Waals surface area contributed by atoms with Gasteiger partial charge in [-0.05, 0) is 0 Å². The number of benzene rings is 2. The van der Waals surface area contributed by atoms with Gasteiger partial charge in [0.15, 0.2) is 11.5 Å². The predicted octanol–water partition coefficient (Wildman–Crippen LogP) is 0.391. The standard InChI is InChI=1S/C22H22O12/c1-31-14-3-8(2-12(26)17(14)27)21-15(6-10-11(25)4-9(24)5-13(10)32-21)33-22-20(30)19(29)18(28)16(7-23)34-22/h2-6,16,18-20,22-23,28-30H,7H2,1H3,(H3-,24,25,26,27)/p+1. The molecule has 4 rings (SSSR count). The molecule has 34 heavy (non-hydrogen) atoms. The van der Waals surface area contributed by atoms with Crippen LogP contribution in [0.2, 0.25) is 0 Å². The Balaban J connectivity index is 1.87. The van der Waals surface area contributed by atoms with Gasteiger partial charge in [-0.15, -0.1) is 0 Å². The van der Waals surface area contributed by atoms with Crippen molar-refractivity contribution in [3.05, 3.63) is 30.3 Å². The van der Waals surface area contributed by atoms with Crippen LogP contribution in [-0.4, -0.2) is 85.3 Å². The Labute approximate surface area is 191 Å². The van der Waals surface area contributed by atoms with Crippen molar-refractivity contribution in [3.63, 3.8) is 0 Å². The summed E-state index contributed by atoms with van der Waals surface area (Å²) in [4.78, 5) is 0. The van der Waals surface area contributed by atoms with E-state index in [9.17, 15) is 40.9 Å². The first-order valence-electron chi connectivity index (χ1n) is 10.0. The maximum atomic E-state index is 10.4. The summed E-state index contributed by atoms with van der Waals surface area (Å²) in [5.41, 5.74) is 0.136. The number of aromatic hydroxyl groups is 4. The molecule has 3 aromatic rings. The Bertz CT molecular complexity index is 1210. The average molecular weight is 479 g/mol. The Kier molecular flexibility index (Phi) is 6.25. The van der Waals surface area contributed by atoms with Gasteiger partial charge in [0.1, 0.15) is 41.3 Å². The molecule has 2 heterocycles. The molecule has 2 aromatic carbocycles. The molecule has 0 bridgehead atoms. The zero-order valence-electron chi connectivity index (χ0n) is 17.7. The van der Waals surface area contributed by atoms with Gasteiger partial charge in [-0.1, -0.05) is 0 Å². The van der Waals surface area contributed by atoms with Gasteiger partial charge in [-0.2, -0.15) is 0 Å². The van der Waals surface area contributed by atoms with Crippen LogP contribution < -0.4 is 9.47 Å². The maximum absolute atomic E-state index is 10.4. The fraction of sp³-hybridized carbons (Fsp3) is 0.318. The lowest BCUT2D eigenvalue weighted by atomic mass is 9.99. The minimum atomic E-state index is -1.74. The SMILES string of the molecule is COc1cc(-c2[o+]c3cc(O)cc(O)c3cc2OC2OC(CO)C(O)C(O)C2O)cc(O)c1O. The summed E-state index contributed by atoms with van der Waals surface area (Å²) >= 11 is 0. The molecule has 0 amide bonds. The molecular formula is C22H23O12+. The first-order chi connectivity index (χ1) is 16.1. The highest BCUT2D eigenvalue weighted by Crippen LogP contribution is 2.45. The van der Waals surface area contributed by atoms with Crippen LogP contribution >= 0.6 is 0 Å². The van der Waals surface area contributed by atoms with Gasteiger partial charge in [-0.25, -0.2) is 4.42 Å². The predicted molar refractivity (Wildman–Crippen MR) is 114 cm³/mol. The number of hydrogen-bond acceptors (Lipinski definition) is 11. The monoisotopic (exact) mass is 479 g/mol. The highest BCUT2D eigenvalue weighted by molar-refractivity contribution is 5.88. The Hall–Kier alpha value is -3.55. The molecule has 8 N–H and O–H groups in total. The number of aliphatic hydroxyl groups excluding tert-OH is 4. The average Bonchev–Trinajstić information content (AvgIpc) is 2.81. The molecule has 1 saturated heterocycles. The second-order valence-corrected chi connectivity index (χ2v) is 7.68. The number of phenolic OH excluding ortho intramolecular Hbond substituents is 4. The van der Waals surface area contributed by atoms with Crippen molar-refractivity contribution < 1.29 is 59.5 Å². The molecule has 1 aliphatic rings. The van der Waals surface area contributed by atoms with E-state index in [1.54, 1.807) is 0 Å². The molecule has 0 aliphatic carbocycles. The van der Waals surface area contributed by atoms with Crippen LogP contribution in [0, 0.1) is 0 Å². The van der Waals surface area contributed by atoms with Crippen molar-refractivity contribution in [1.82, 2.24) is 0 Å². The number of hydrogen-bond donors (Lipinski definition) is 8. The van der Waals surface area contributed by atoms with Gasteiger partial charge < -0.3 is 55.1 Å². The van der Waals surface area contributed by atoms with Crippen LogP contribution in [0.15, 0.2) is 34.7 Å². The van der Waals surface area contributed by atoms with Crippen molar-refractivity contribution in [2.75, 3.05) is 13.7 Å². The Morgan fingerprint density at radius 1 is 0.882 bits per heavy atom. The summed E-state index contributed by atoms with van der Waals surface area (Å²) in [5.74, 6) is -2.12. The van der Waals surface area contributed by atoms with E-state index in [0.29, 0.717) is 0 Å². The van der Waals surface area contributed by atoms with E-state index < -0.39 is 48.8 Å². The van der Waals surface area contributed by atoms with E-state index >= 15 is 0 Å². The molecule has 12 nitrogen and oxygen atoms in total. The van der Waals surface area contributed by atoms with Crippen LogP contribution in [-0.2, 0) is 4.74 Å². The number of fused-ring (bicyclic) bond motifs is 1. The summed E-state index contributed by atoms with van der Waals surface area (Å²) in [6.07, 6.45) is -7.88. The first-order valence-corrected chi connectivity index (χ1v) is 10.0. The van der Waals surface area contributed by atoms with Crippen molar-refractivity contribution in [2.45, 2.75) is 30.7 Å². The van der Waals surface area contributed by atoms with E-state index in [4.69, 9.17) is 18.6 Å². The summed E-state index contributed by atoms with van der Waals surface area (Å²) in [5, 5.41) is 80.1. The topological polar surface area (TPSA) is 201 Å². The minimum absolute atomic E-state index is 0.0141. The van der Waals surface area contributed by atoms with E-state index in [2.05, 4.69) is 0 Å². The molecule has 182 valence electrons. The number of rotatable bonds is 5. The van der Waals surface area contributed by atoms with E-state index in [1.807, 2.05) is 0 Å². The van der Waals surface area contributed by atoms with Crippen molar-refractivity contribution in [3.8, 4) is 45.8 Å². The maximum Gasteiger partial charge on any atom is 0.402 e. The summed E-state index contributed by atoms with van der Waals surface area (Å²) in [6, 6.07) is 6.01. The van der Waals surface area contributed by atoms with Gasteiger partial charge in [0, 0.05) is 24.3 Å². The molecule has 1 aliphatic heterocycles. The highest BCUT2D eigenvalue weighted by atomic mass is 16.7. The smallest absolute Gasteiger partial charge is 0.402 e. The first kappa shape index (κ1) is 23.6. The number of phenols is 4. The van der Waals surface area contributed by atoms with Gasteiger partial charge in [0.25, 0.3) is 0 Å². The quantitative estimate of drug-likeness (QED) is 0.185. The molecular weight excluding hydrogens is 456 g/mol. The summed E-state index contributed by atoms with van der Waals surface area (Å²) < 4.78 is 22.0. The van der Waals surface area contributed by atoms with Crippen LogP contribution in [0.25, 0.3) is 22.3 Å². The van der Waals surface area contributed by atoms with Gasteiger partial charge >= 0.3 is 11.3 Å². The van der Waals surface area contributed by atoms with Gasteiger partial charge in [0.2, 0.25) is 17.8 Å². The van der Waals surface area contributed by atoms with Crippen LogP contribution in [0.5, 0.6) is 34.5 Å². The number of ether oxygens (including phenoxy) is 3. The third kappa shape index (κ3) is 4.08. The van der Waals surface area contributed by atoms with E-state index in [-0.39, 0.29) is 45.3 Å². The van der Waals surface area contributed by atoms with Crippen molar-refractivity contribution in [1.29, 1.82) is 0 Å². The van der Waals surface area contributed by atoms with Crippen LogP contribution in [0.1, 0.15) is 0 Å². The van der Waals surface area contributed by atoms with E-state index in [0.717, 1.165) is 12.1 Å². The lowest BCUT2D eigenvalue weighted by molar-refractivity contribution is -0.277. The Morgan fingerprint density at radius 2 is 1.62 bits per heavy atom. The molecule has 1 fully saturated rings. The zero-order chi connectivity index (χ0) is 24.7. The molecule has 5 unspecified atom stereocenters. The van der Waals surface area contributed by atoms with Crippen molar-refractivity contribution in [2.24, 2.45) is 0 Å². The lowest BCUT2D eigenvalue weighted by Gasteiger charge is -2.39. The molecule has 0 saturated carbocycles.